The fourth-order valence-electron chi connectivity index (χ4n) is 3.50. The van der Waals surface area contributed by atoms with Crippen LogP contribution >= 0.6 is 11.6 Å². The molecule has 1 aliphatic rings. The fraction of sp³-hybridized carbons (Fsp3) is 0.304. The van der Waals surface area contributed by atoms with Gasteiger partial charge in [-0.25, -0.2) is 0 Å². The van der Waals surface area contributed by atoms with E-state index in [1.54, 1.807) is 24.3 Å². The van der Waals surface area contributed by atoms with Crippen LogP contribution in [0.2, 0.25) is 5.02 Å². The number of Topliss-reactive ketones (excluding diaryl/α,β-unsaturated/α-hetero) is 1. The molecule has 31 heavy (non-hydrogen) atoms. The Labute approximate surface area is 186 Å². The summed E-state index contributed by atoms with van der Waals surface area (Å²) in [6.45, 7) is 3.10. The Kier molecular flexibility index (Phi) is 6.87. The lowest BCUT2D eigenvalue weighted by Crippen LogP contribution is -2.35. The van der Waals surface area contributed by atoms with Crippen LogP contribution in [0, 0.1) is 0 Å². The Balaban J connectivity index is 2.12. The zero-order valence-electron chi connectivity index (χ0n) is 17.6. The van der Waals surface area contributed by atoms with Crippen molar-refractivity contribution < 1.29 is 24.5 Å². The summed E-state index contributed by atoms with van der Waals surface area (Å²) in [5.74, 6) is -1.24. The third kappa shape index (κ3) is 4.68. The van der Waals surface area contributed by atoms with Crippen LogP contribution in [0.5, 0.6) is 11.5 Å². The number of nitrogens with zero attached hydrogens (tertiary/aromatic N) is 2. The lowest BCUT2D eigenvalue weighted by atomic mass is 9.95. The highest BCUT2D eigenvalue weighted by Crippen LogP contribution is 2.40. The maximum atomic E-state index is 13.0. The summed E-state index contributed by atoms with van der Waals surface area (Å²) < 4.78 is 5.42. The average Bonchev–Trinajstić information content (AvgIpc) is 2.98. The van der Waals surface area contributed by atoms with Gasteiger partial charge < -0.3 is 24.7 Å². The van der Waals surface area contributed by atoms with Crippen molar-refractivity contribution >= 4 is 29.1 Å². The Morgan fingerprint density at radius 2 is 1.84 bits per heavy atom. The summed E-state index contributed by atoms with van der Waals surface area (Å²) in [5.41, 5.74) is 0.895. The second-order valence-electron chi connectivity index (χ2n) is 7.47. The van der Waals surface area contributed by atoms with Crippen molar-refractivity contribution in [2.45, 2.75) is 13.0 Å². The SMILES string of the molecule is CCOc1ccc(C(O)=C2C(=O)C(=O)N(CCN(C)C)[C@@H]2c2ccc(O)cc2)cc1Cl. The van der Waals surface area contributed by atoms with E-state index in [4.69, 9.17) is 16.3 Å². The van der Waals surface area contributed by atoms with Crippen LogP contribution in [-0.2, 0) is 9.59 Å². The van der Waals surface area contributed by atoms with Gasteiger partial charge in [0.05, 0.1) is 23.2 Å². The number of aliphatic hydroxyl groups is 1. The third-order valence-corrected chi connectivity index (χ3v) is 5.34. The first-order chi connectivity index (χ1) is 14.7. The summed E-state index contributed by atoms with van der Waals surface area (Å²) >= 11 is 6.25. The minimum atomic E-state index is -0.786. The van der Waals surface area contributed by atoms with Crippen LogP contribution in [0.15, 0.2) is 48.0 Å². The van der Waals surface area contributed by atoms with Gasteiger partial charge >= 0.3 is 0 Å². The second-order valence-corrected chi connectivity index (χ2v) is 7.87. The van der Waals surface area contributed by atoms with E-state index in [-0.39, 0.29) is 22.1 Å². The number of ketones is 1. The van der Waals surface area contributed by atoms with Crippen molar-refractivity contribution in [3.8, 4) is 11.5 Å². The summed E-state index contributed by atoms with van der Waals surface area (Å²) in [4.78, 5) is 29.1. The molecule has 2 aromatic rings. The van der Waals surface area contributed by atoms with Gasteiger partial charge in [-0.3, -0.25) is 9.59 Å². The van der Waals surface area contributed by atoms with Crippen molar-refractivity contribution in [2.75, 3.05) is 33.8 Å². The van der Waals surface area contributed by atoms with Crippen molar-refractivity contribution in [1.82, 2.24) is 9.80 Å². The van der Waals surface area contributed by atoms with E-state index in [9.17, 15) is 19.8 Å². The van der Waals surface area contributed by atoms with Crippen molar-refractivity contribution in [2.24, 2.45) is 0 Å². The molecule has 3 rings (SSSR count). The molecule has 1 fully saturated rings. The number of carbonyl (C=O) groups excluding carboxylic acids is 2. The number of phenols is 1. The quantitative estimate of drug-likeness (QED) is 0.386. The average molecular weight is 445 g/mol. The maximum Gasteiger partial charge on any atom is 0.295 e. The molecule has 1 amide bonds. The molecular weight excluding hydrogens is 420 g/mol. The number of amides is 1. The highest BCUT2D eigenvalue weighted by molar-refractivity contribution is 6.46. The van der Waals surface area contributed by atoms with Crippen LogP contribution in [0.1, 0.15) is 24.1 Å². The van der Waals surface area contributed by atoms with E-state index in [2.05, 4.69) is 0 Å². The molecule has 0 saturated carbocycles. The Hall–Kier alpha value is -3.03. The first-order valence-corrected chi connectivity index (χ1v) is 10.3. The molecule has 1 saturated heterocycles. The maximum absolute atomic E-state index is 13.0. The second kappa shape index (κ2) is 9.41. The number of phenolic OH excluding ortho intramolecular Hbond substituents is 1. The van der Waals surface area contributed by atoms with Gasteiger partial charge in [0.1, 0.15) is 17.3 Å². The predicted molar refractivity (Wildman–Crippen MR) is 118 cm³/mol. The zero-order valence-corrected chi connectivity index (χ0v) is 18.4. The number of likely N-dealkylation sites (N-methyl/N-ethyl adjacent to an activating group) is 1. The minimum Gasteiger partial charge on any atom is -0.508 e. The molecule has 164 valence electrons. The van der Waals surface area contributed by atoms with Crippen LogP contribution in [0.4, 0.5) is 0 Å². The molecule has 0 aromatic heterocycles. The van der Waals surface area contributed by atoms with E-state index in [0.717, 1.165) is 0 Å². The number of halogens is 1. The number of aromatic hydroxyl groups is 1. The lowest BCUT2D eigenvalue weighted by molar-refractivity contribution is -0.140. The number of hydrogen-bond acceptors (Lipinski definition) is 6. The highest BCUT2D eigenvalue weighted by atomic mass is 35.5. The van der Waals surface area contributed by atoms with E-state index >= 15 is 0 Å². The van der Waals surface area contributed by atoms with Crippen LogP contribution in [-0.4, -0.2) is 65.5 Å². The summed E-state index contributed by atoms with van der Waals surface area (Å²) in [6, 6.07) is 10.1. The summed E-state index contributed by atoms with van der Waals surface area (Å²) in [5, 5.41) is 21.0. The van der Waals surface area contributed by atoms with E-state index in [1.807, 2.05) is 25.9 Å². The number of rotatable bonds is 7. The van der Waals surface area contributed by atoms with Crippen molar-refractivity contribution in [1.29, 1.82) is 0 Å². The van der Waals surface area contributed by atoms with E-state index < -0.39 is 17.7 Å². The fourth-order valence-corrected chi connectivity index (χ4v) is 3.73. The molecule has 1 aliphatic heterocycles. The molecule has 0 radical (unpaired) electrons. The van der Waals surface area contributed by atoms with Crippen molar-refractivity contribution in [3.05, 3.63) is 64.2 Å². The standard InChI is InChI=1S/C23H25ClN2O5/c1-4-31-18-10-7-15(13-17(18)24)21(28)19-20(14-5-8-16(27)9-6-14)26(12-11-25(2)3)23(30)22(19)29/h5-10,13,20,27-28H,4,11-12H2,1-3H3/t20-/m1/s1. The lowest BCUT2D eigenvalue weighted by Gasteiger charge is -2.26. The highest BCUT2D eigenvalue weighted by Gasteiger charge is 2.45. The molecule has 2 aromatic carbocycles. The van der Waals surface area contributed by atoms with Gasteiger partial charge in [-0.15, -0.1) is 0 Å². The Bertz CT molecular complexity index is 1020. The predicted octanol–water partition coefficient (Wildman–Crippen LogP) is 3.43. The van der Waals surface area contributed by atoms with Gasteiger partial charge in [0, 0.05) is 18.7 Å². The van der Waals surface area contributed by atoms with Crippen LogP contribution < -0.4 is 4.74 Å². The number of benzene rings is 2. The topological polar surface area (TPSA) is 90.3 Å². The summed E-state index contributed by atoms with van der Waals surface area (Å²) in [6.07, 6.45) is 0. The molecule has 0 aliphatic carbocycles. The first kappa shape index (κ1) is 22.7. The number of ether oxygens (including phenoxy) is 1. The zero-order chi connectivity index (χ0) is 22.7. The number of hydrogen-bond donors (Lipinski definition) is 2. The van der Waals surface area contributed by atoms with Gasteiger partial charge in [0.15, 0.2) is 0 Å². The summed E-state index contributed by atoms with van der Waals surface area (Å²) in [7, 11) is 3.74. The smallest absolute Gasteiger partial charge is 0.295 e. The monoisotopic (exact) mass is 444 g/mol. The number of carbonyl (C=O) groups is 2. The van der Waals surface area contributed by atoms with Crippen LogP contribution in [0.3, 0.4) is 0 Å². The van der Waals surface area contributed by atoms with Crippen molar-refractivity contribution in [3.63, 3.8) is 0 Å². The van der Waals surface area contributed by atoms with Gasteiger partial charge in [-0.1, -0.05) is 23.7 Å². The van der Waals surface area contributed by atoms with Gasteiger partial charge in [-0.2, -0.15) is 0 Å². The van der Waals surface area contributed by atoms with Gasteiger partial charge in [-0.05, 0) is 56.9 Å². The van der Waals surface area contributed by atoms with E-state index in [0.29, 0.717) is 36.6 Å². The molecule has 1 atom stereocenters. The minimum absolute atomic E-state index is 0.0188. The Morgan fingerprint density at radius 3 is 2.42 bits per heavy atom. The molecular formula is C23H25ClN2O5. The largest absolute Gasteiger partial charge is 0.508 e. The molecule has 0 spiro atoms. The molecule has 2 N–H and O–H groups in total. The number of aliphatic hydroxyl groups excluding tert-OH is 1. The normalized spacial score (nSPS) is 18.1. The third-order valence-electron chi connectivity index (χ3n) is 5.04. The van der Waals surface area contributed by atoms with E-state index in [1.165, 1.54) is 23.1 Å². The van der Waals surface area contributed by atoms with Gasteiger partial charge in [0.25, 0.3) is 11.7 Å². The first-order valence-electron chi connectivity index (χ1n) is 9.89. The molecule has 0 unspecified atom stereocenters. The Morgan fingerprint density at radius 1 is 1.16 bits per heavy atom. The number of likely N-dealkylation sites (tertiary alicyclic amines) is 1. The van der Waals surface area contributed by atoms with Gasteiger partial charge in [0.2, 0.25) is 0 Å². The molecule has 0 bridgehead atoms. The molecule has 8 heteroatoms. The molecule has 7 nitrogen and oxygen atoms in total. The molecule has 1 heterocycles. The van der Waals surface area contributed by atoms with Crippen LogP contribution in [0.25, 0.3) is 5.76 Å².